The van der Waals surface area contributed by atoms with Crippen molar-refractivity contribution in [1.82, 2.24) is 9.36 Å². The lowest BCUT2D eigenvalue weighted by molar-refractivity contribution is -0.0384. The van der Waals surface area contributed by atoms with Gasteiger partial charge in [0.25, 0.3) is 0 Å². The van der Waals surface area contributed by atoms with Crippen LogP contribution in [0.1, 0.15) is 0 Å². The van der Waals surface area contributed by atoms with Crippen molar-refractivity contribution in [3.05, 3.63) is 6.33 Å². The molecule has 62 valence electrons. The van der Waals surface area contributed by atoms with E-state index in [1.165, 1.54) is 0 Å². The molecular formula is C3HF3N2OS2. The second-order valence-corrected chi connectivity index (χ2v) is 3.85. The topological polar surface area (TPSA) is 42.9 Å². The monoisotopic (exact) mass is 202 g/mol. The highest BCUT2D eigenvalue weighted by Gasteiger charge is 2.39. The lowest BCUT2D eigenvalue weighted by atomic mass is 11.3. The zero-order chi connectivity index (χ0) is 8.48. The van der Waals surface area contributed by atoms with Gasteiger partial charge in [0.05, 0.1) is 0 Å². The molecular weight excluding hydrogens is 201 g/mol. The zero-order valence-electron chi connectivity index (χ0n) is 4.83. The molecule has 11 heavy (non-hydrogen) atoms. The maximum absolute atomic E-state index is 11.7. The highest BCUT2D eigenvalue weighted by molar-refractivity contribution is 7.87. The van der Waals surface area contributed by atoms with Gasteiger partial charge in [-0.05, 0) is 11.5 Å². The van der Waals surface area contributed by atoms with Gasteiger partial charge in [-0.2, -0.15) is 17.5 Å². The molecule has 1 rings (SSSR count). The van der Waals surface area contributed by atoms with Crippen molar-refractivity contribution >= 4 is 22.3 Å². The van der Waals surface area contributed by atoms with Crippen LogP contribution < -0.4 is 0 Å². The van der Waals surface area contributed by atoms with Gasteiger partial charge in [-0.1, -0.05) is 0 Å². The third-order valence-electron chi connectivity index (χ3n) is 0.710. The van der Waals surface area contributed by atoms with E-state index in [4.69, 9.17) is 0 Å². The number of aromatic nitrogens is 2. The molecule has 8 heteroatoms. The van der Waals surface area contributed by atoms with E-state index in [0.717, 1.165) is 6.33 Å². The molecule has 0 aromatic carbocycles. The Hall–Kier alpha value is -0.500. The molecule has 0 fully saturated rings. The van der Waals surface area contributed by atoms with E-state index in [9.17, 15) is 17.4 Å². The Labute approximate surface area is 65.9 Å². The van der Waals surface area contributed by atoms with Crippen molar-refractivity contribution in [2.75, 3.05) is 0 Å². The molecule has 1 atom stereocenters. The van der Waals surface area contributed by atoms with Crippen LogP contribution in [0.25, 0.3) is 0 Å². The number of hydrogen-bond acceptors (Lipinski definition) is 4. The summed E-state index contributed by atoms with van der Waals surface area (Å²) in [5, 5.41) is 0. The second-order valence-electron chi connectivity index (χ2n) is 1.42. The van der Waals surface area contributed by atoms with Crippen molar-refractivity contribution in [1.29, 1.82) is 0 Å². The molecule has 0 bridgehead atoms. The maximum atomic E-state index is 11.7. The summed E-state index contributed by atoms with van der Waals surface area (Å²) in [6.45, 7) is 0. The van der Waals surface area contributed by atoms with E-state index in [1.807, 2.05) is 0 Å². The molecule has 0 amide bonds. The summed E-state index contributed by atoms with van der Waals surface area (Å²) in [7, 11) is -3.02. The Kier molecular flexibility index (Phi) is 2.23. The minimum atomic E-state index is -4.74. The van der Waals surface area contributed by atoms with Crippen LogP contribution in [0.3, 0.4) is 0 Å². The normalized spacial score (nSPS) is 14.8. The Morgan fingerprint density at radius 2 is 2.18 bits per heavy atom. The van der Waals surface area contributed by atoms with Crippen LogP contribution >= 0.6 is 11.5 Å². The average Bonchev–Trinajstić information content (AvgIpc) is 2.34. The molecule has 1 heterocycles. The summed E-state index contributed by atoms with van der Waals surface area (Å²) in [5.41, 5.74) is -4.74. The Bertz CT molecular complexity index is 256. The first-order valence-electron chi connectivity index (χ1n) is 2.27. The minimum absolute atomic E-state index is 0.477. The van der Waals surface area contributed by atoms with Gasteiger partial charge in [-0.15, -0.1) is 0 Å². The van der Waals surface area contributed by atoms with Crippen molar-refractivity contribution in [2.45, 2.75) is 9.85 Å². The van der Waals surface area contributed by atoms with Crippen LogP contribution in [0.4, 0.5) is 13.2 Å². The predicted molar refractivity (Wildman–Crippen MR) is 32.4 cm³/mol. The van der Waals surface area contributed by atoms with Gasteiger partial charge in [-0.25, -0.2) is 9.19 Å². The summed E-state index contributed by atoms with van der Waals surface area (Å²) in [6.07, 6.45) is 0.934. The molecule has 3 nitrogen and oxygen atoms in total. The largest absolute Gasteiger partial charge is 0.478 e. The molecule has 0 aliphatic carbocycles. The van der Waals surface area contributed by atoms with Crippen LogP contribution in [0.15, 0.2) is 10.7 Å². The Morgan fingerprint density at radius 1 is 1.55 bits per heavy atom. The molecule has 0 N–H and O–H groups in total. The van der Waals surface area contributed by atoms with Gasteiger partial charge in [0.1, 0.15) is 6.33 Å². The van der Waals surface area contributed by atoms with Gasteiger partial charge < -0.3 is 0 Å². The molecule has 1 aromatic heterocycles. The fraction of sp³-hybridized carbons (Fsp3) is 0.333. The van der Waals surface area contributed by atoms with Gasteiger partial charge in [0.2, 0.25) is 4.34 Å². The van der Waals surface area contributed by atoms with Crippen molar-refractivity contribution in [3.8, 4) is 0 Å². The molecule has 0 aliphatic rings. The number of hydrogen-bond donors (Lipinski definition) is 0. The predicted octanol–water partition coefficient (Wildman–Crippen LogP) is 1.17. The van der Waals surface area contributed by atoms with Gasteiger partial charge in [0.15, 0.2) is 10.8 Å². The zero-order valence-corrected chi connectivity index (χ0v) is 6.46. The van der Waals surface area contributed by atoms with E-state index in [1.54, 1.807) is 0 Å². The van der Waals surface area contributed by atoms with Gasteiger partial charge in [-0.3, -0.25) is 0 Å². The number of nitrogens with zero attached hydrogens (tertiary/aromatic N) is 2. The van der Waals surface area contributed by atoms with Crippen LogP contribution in [0.5, 0.6) is 0 Å². The summed E-state index contributed by atoms with van der Waals surface area (Å²) >= 11 is 0.477. The summed E-state index contributed by atoms with van der Waals surface area (Å²) in [4.78, 5) is 3.17. The van der Waals surface area contributed by atoms with E-state index in [-0.39, 0.29) is 0 Å². The molecule has 0 aliphatic heterocycles. The second kappa shape index (κ2) is 2.86. The smallest absolute Gasteiger partial charge is 0.243 e. The van der Waals surface area contributed by atoms with Gasteiger partial charge >= 0.3 is 5.51 Å². The molecule has 1 unspecified atom stereocenters. The van der Waals surface area contributed by atoms with Crippen LogP contribution in [-0.4, -0.2) is 19.1 Å². The molecule has 0 saturated heterocycles. The summed E-state index contributed by atoms with van der Waals surface area (Å²) in [5.74, 6) is 0. The standard InChI is InChI=1S/C3HF3N2OS2/c4-3(5,6)11(9)2-7-1-8-10-2/h1H. The fourth-order valence-corrected chi connectivity index (χ4v) is 1.65. The third kappa shape index (κ3) is 1.96. The lowest BCUT2D eigenvalue weighted by Gasteiger charge is -2.00. The van der Waals surface area contributed by atoms with Crippen molar-refractivity contribution < 1.29 is 17.4 Å². The van der Waals surface area contributed by atoms with E-state index in [0.29, 0.717) is 11.5 Å². The first kappa shape index (κ1) is 8.60. The average molecular weight is 202 g/mol. The van der Waals surface area contributed by atoms with E-state index < -0.39 is 20.6 Å². The van der Waals surface area contributed by atoms with Crippen molar-refractivity contribution in [3.63, 3.8) is 0 Å². The summed E-state index contributed by atoms with van der Waals surface area (Å²) < 4.78 is 48.2. The lowest BCUT2D eigenvalue weighted by Crippen LogP contribution is -2.15. The van der Waals surface area contributed by atoms with E-state index in [2.05, 4.69) is 9.36 Å². The molecule has 1 aromatic rings. The third-order valence-corrected chi connectivity index (χ3v) is 2.69. The van der Waals surface area contributed by atoms with Crippen LogP contribution in [0, 0.1) is 0 Å². The summed E-state index contributed by atoms with van der Waals surface area (Å²) in [6, 6.07) is 0. The molecule has 0 spiro atoms. The van der Waals surface area contributed by atoms with E-state index >= 15 is 0 Å². The fourth-order valence-electron chi connectivity index (χ4n) is 0.344. The highest BCUT2D eigenvalue weighted by atomic mass is 32.2. The van der Waals surface area contributed by atoms with Crippen LogP contribution in [0.2, 0.25) is 0 Å². The number of halogens is 3. The minimum Gasteiger partial charge on any atom is -0.243 e. The molecule has 0 radical (unpaired) electrons. The highest BCUT2D eigenvalue weighted by Crippen LogP contribution is 2.26. The number of alkyl halides is 3. The van der Waals surface area contributed by atoms with Crippen LogP contribution in [-0.2, 0) is 10.8 Å². The van der Waals surface area contributed by atoms with Gasteiger partial charge in [0, 0.05) is 0 Å². The first-order valence-corrected chi connectivity index (χ1v) is 4.19. The Morgan fingerprint density at radius 3 is 2.55 bits per heavy atom. The van der Waals surface area contributed by atoms with Crippen molar-refractivity contribution in [2.24, 2.45) is 0 Å². The first-order chi connectivity index (χ1) is 5.02. The quantitative estimate of drug-likeness (QED) is 0.686. The SMILES string of the molecule is O=S(c1ncns1)C(F)(F)F. The Balaban J connectivity index is 2.88. The molecule has 0 saturated carbocycles. The maximum Gasteiger partial charge on any atom is 0.478 e. The number of rotatable bonds is 1.